The van der Waals surface area contributed by atoms with E-state index < -0.39 is 38.7 Å². The predicted octanol–water partition coefficient (Wildman–Crippen LogP) is 16.5. The van der Waals surface area contributed by atoms with Gasteiger partial charge in [-0.05, 0) is 141 Å². The molecule has 0 aromatic carbocycles. The van der Waals surface area contributed by atoms with Crippen LogP contribution in [0.2, 0.25) is 72.5 Å². The number of aryl methyl sites for hydroxylation is 1. The maximum absolute atomic E-state index is 15.2. The molecule has 1 unspecified atom stereocenters. The molecule has 0 saturated heterocycles. The van der Waals surface area contributed by atoms with Crippen molar-refractivity contribution in [2.45, 2.75) is 254 Å². The molecule has 1 aliphatic rings. The minimum atomic E-state index is -2.22. The van der Waals surface area contributed by atoms with E-state index in [0.717, 1.165) is 35.9 Å². The molecule has 62 heavy (non-hydrogen) atoms. The van der Waals surface area contributed by atoms with Crippen LogP contribution < -0.4 is 0 Å². The molecular weight excluding hydrogens is 851 g/mol. The van der Waals surface area contributed by atoms with Crippen molar-refractivity contribution in [3.63, 3.8) is 0 Å². The molecular formula is C51H101NO5SSi4. The molecule has 7 atom stereocenters. The van der Waals surface area contributed by atoms with Gasteiger partial charge >= 0.3 is 0 Å². The van der Waals surface area contributed by atoms with Crippen molar-refractivity contribution < 1.29 is 22.5 Å². The Morgan fingerprint density at radius 3 is 1.69 bits per heavy atom. The Balaban J connectivity index is 2.34. The number of rotatable bonds is 23. The lowest BCUT2D eigenvalue weighted by Crippen LogP contribution is -2.54. The lowest BCUT2D eigenvalue weighted by atomic mass is 9.73. The summed E-state index contributed by atoms with van der Waals surface area (Å²) in [5.41, 5.74) is 1.64. The van der Waals surface area contributed by atoms with Crippen molar-refractivity contribution >= 4 is 56.5 Å². The highest BCUT2D eigenvalue weighted by molar-refractivity contribution is 7.09. The Bertz CT molecular complexity index is 1620. The zero-order chi connectivity index (χ0) is 48.5. The highest BCUT2D eigenvalue weighted by Crippen LogP contribution is 2.49. The van der Waals surface area contributed by atoms with E-state index in [1.807, 2.05) is 0 Å². The lowest BCUT2D eigenvalue weighted by molar-refractivity contribution is -0.141. The van der Waals surface area contributed by atoms with Gasteiger partial charge in [0.1, 0.15) is 5.78 Å². The van der Waals surface area contributed by atoms with Gasteiger partial charge in [-0.3, -0.25) is 4.79 Å². The zero-order valence-corrected chi connectivity index (χ0v) is 50.4. The lowest BCUT2D eigenvalue weighted by Gasteiger charge is -2.47. The number of aromatic nitrogens is 1. The highest BCUT2D eigenvalue weighted by atomic mass is 32.1. The third-order valence-electron chi connectivity index (χ3n) is 16.6. The first-order valence-electron chi connectivity index (χ1n) is 24.4. The Labute approximate surface area is 393 Å². The molecule has 1 aromatic heterocycles. The summed E-state index contributed by atoms with van der Waals surface area (Å²) in [4.78, 5) is 20.0. The minimum absolute atomic E-state index is 0.0222. The Hall–Kier alpha value is -0.252. The fourth-order valence-corrected chi connectivity index (χ4v) is 13.5. The number of hydrogen-bond donors (Lipinski definition) is 0. The molecule has 2 rings (SSSR count). The summed E-state index contributed by atoms with van der Waals surface area (Å²) in [7, 11) is -8.38. The Morgan fingerprint density at radius 2 is 1.23 bits per heavy atom. The smallest absolute Gasteiger partial charge is 0.192 e. The van der Waals surface area contributed by atoms with Gasteiger partial charge in [-0.25, -0.2) is 4.98 Å². The second-order valence-electron chi connectivity index (χ2n) is 26.4. The van der Waals surface area contributed by atoms with Crippen LogP contribution in [0, 0.1) is 36.0 Å². The molecule has 1 aliphatic carbocycles. The number of Topliss-reactive ketones (excluding diaryl/α,β-unsaturated/α-hetero) is 1. The van der Waals surface area contributed by atoms with Crippen LogP contribution in [0.25, 0.3) is 6.08 Å². The summed E-state index contributed by atoms with van der Waals surface area (Å²) in [6, 6.07) is 0. The highest BCUT2D eigenvalue weighted by Gasteiger charge is 2.50. The van der Waals surface area contributed by atoms with E-state index in [1.165, 1.54) is 18.4 Å². The molecule has 11 heteroatoms. The summed E-state index contributed by atoms with van der Waals surface area (Å²) >= 11 is 1.71. The molecule has 0 bridgehead atoms. The summed E-state index contributed by atoms with van der Waals surface area (Å²) in [5.74, 6) is 1.65. The molecule has 362 valence electrons. The molecule has 0 spiro atoms. The molecule has 1 heterocycles. The number of thiazole rings is 1. The van der Waals surface area contributed by atoms with Crippen LogP contribution in [-0.2, 0) is 22.5 Å². The maximum Gasteiger partial charge on any atom is 0.192 e. The number of carbonyl (C=O) groups is 1. The molecule has 0 aliphatic heterocycles. The molecule has 1 fully saturated rings. The quantitative estimate of drug-likeness (QED) is 0.102. The normalized spacial score (nSPS) is 20.5. The van der Waals surface area contributed by atoms with E-state index in [1.54, 1.807) is 11.3 Å². The van der Waals surface area contributed by atoms with E-state index >= 15 is 4.79 Å². The molecule has 0 amide bonds. The maximum atomic E-state index is 15.2. The van der Waals surface area contributed by atoms with Crippen LogP contribution in [0.5, 0.6) is 0 Å². The topological polar surface area (TPSA) is 66.9 Å². The molecule has 1 saturated carbocycles. The van der Waals surface area contributed by atoms with Crippen LogP contribution in [0.15, 0.2) is 11.0 Å². The van der Waals surface area contributed by atoms with E-state index in [0.29, 0.717) is 18.9 Å². The molecule has 0 N–H and O–H groups in total. The van der Waals surface area contributed by atoms with Gasteiger partial charge in [0, 0.05) is 23.3 Å². The second kappa shape index (κ2) is 20.9. The number of carbonyl (C=O) groups excluding carboxylic acids is 1. The fourth-order valence-electron chi connectivity index (χ4n) is 7.59. The first-order valence-corrected chi connectivity index (χ1v) is 36.9. The van der Waals surface area contributed by atoms with Crippen molar-refractivity contribution in [3.8, 4) is 0 Å². The van der Waals surface area contributed by atoms with Crippen LogP contribution in [-0.4, -0.2) is 69.0 Å². The Kier molecular flexibility index (Phi) is 19.6. The van der Waals surface area contributed by atoms with Gasteiger partial charge in [-0.2, -0.15) is 0 Å². The minimum Gasteiger partial charge on any atom is -0.417 e. The van der Waals surface area contributed by atoms with Crippen LogP contribution in [0.1, 0.15) is 167 Å². The van der Waals surface area contributed by atoms with Crippen molar-refractivity contribution in [2.24, 2.45) is 29.1 Å². The van der Waals surface area contributed by atoms with Crippen molar-refractivity contribution in [3.05, 3.63) is 21.7 Å². The zero-order valence-electron chi connectivity index (χ0n) is 45.5. The van der Waals surface area contributed by atoms with Gasteiger partial charge in [0.15, 0.2) is 33.3 Å². The molecule has 1 aromatic rings. The average molecular weight is 953 g/mol. The fraction of sp³-hybridized carbons (Fsp3) is 0.882. The van der Waals surface area contributed by atoms with Gasteiger partial charge in [0.25, 0.3) is 0 Å². The molecule has 6 nitrogen and oxygen atoms in total. The van der Waals surface area contributed by atoms with E-state index in [4.69, 9.17) is 22.7 Å². The van der Waals surface area contributed by atoms with Crippen molar-refractivity contribution in [1.82, 2.24) is 4.98 Å². The van der Waals surface area contributed by atoms with Crippen molar-refractivity contribution in [2.75, 3.05) is 6.61 Å². The van der Waals surface area contributed by atoms with Crippen LogP contribution in [0.3, 0.4) is 0 Å². The van der Waals surface area contributed by atoms with Gasteiger partial charge in [-0.15, -0.1) is 11.3 Å². The largest absolute Gasteiger partial charge is 0.417 e. The summed E-state index contributed by atoms with van der Waals surface area (Å²) in [6.45, 7) is 60.2. The van der Waals surface area contributed by atoms with Gasteiger partial charge < -0.3 is 17.7 Å². The predicted molar refractivity (Wildman–Crippen MR) is 282 cm³/mol. The average Bonchev–Trinajstić information content (AvgIpc) is 3.69. The van der Waals surface area contributed by atoms with Crippen LogP contribution in [0.4, 0.5) is 0 Å². The molecule has 0 radical (unpaired) electrons. The van der Waals surface area contributed by atoms with E-state index in [9.17, 15) is 0 Å². The summed E-state index contributed by atoms with van der Waals surface area (Å²) in [5, 5.41) is 3.59. The first-order chi connectivity index (χ1) is 27.6. The standard InChI is InChI=1S/C51H101NO5SSi4/c1-36(28-27-29-40-33-41(40)34-43(55-60(21,22)48(8,9)10)37(2)32-42-35-58-39(4)52-42)45(57-62(25,26)50(14,15)16)38(3)46(53)51(17,18)44(56-61(23,24)49(11,12)13)30-31-54-59(19,20)47(5,6)7/h32,35-36,38,40-41,43-45H,27-31,33-34H2,1-26H3/b37-32+/t36-,38+,40-,41-,43?,44-,45-/m0/s1. The number of ketones is 1. The monoisotopic (exact) mass is 952 g/mol. The van der Waals surface area contributed by atoms with E-state index in [2.05, 4.69) is 188 Å². The van der Waals surface area contributed by atoms with E-state index in [-0.39, 0.29) is 56.1 Å². The van der Waals surface area contributed by atoms with Crippen molar-refractivity contribution in [1.29, 1.82) is 0 Å². The van der Waals surface area contributed by atoms with Gasteiger partial charge in [0.2, 0.25) is 0 Å². The third-order valence-corrected chi connectivity index (χ3v) is 35.4. The summed E-state index contributed by atoms with van der Waals surface area (Å²) < 4.78 is 28.6. The SMILES string of the molecule is C/C(=C\c1csc(C)n1)C(C[C@@H]1C[C@@H]1CCC[C@H](C)[C@H](O[Si](C)(C)C(C)(C)C)[C@@H](C)C(=O)C(C)(C)[C@H](CCO[Si](C)(C)C(C)(C)C)O[Si](C)(C)C(C)(C)C)O[Si](C)(C)C(C)(C)C. The number of nitrogens with zero attached hydrogens (tertiary/aromatic N) is 1. The second-order valence-corrected chi connectivity index (χ2v) is 46.6. The van der Waals surface area contributed by atoms with Gasteiger partial charge in [-0.1, -0.05) is 124 Å². The van der Waals surface area contributed by atoms with Gasteiger partial charge in [0.05, 0.1) is 29.0 Å². The first kappa shape index (κ1) is 57.9. The Morgan fingerprint density at radius 1 is 0.742 bits per heavy atom. The number of hydrogen-bond acceptors (Lipinski definition) is 7. The summed E-state index contributed by atoms with van der Waals surface area (Å²) in [6.07, 6.45) is 8.45. The van der Waals surface area contributed by atoms with Crippen LogP contribution >= 0.6 is 11.3 Å². The third kappa shape index (κ3) is 15.7.